The van der Waals surface area contributed by atoms with Crippen LogP contribution in [0.3, 0.4) is 0 Å². The zero-order valence-corrected chi connectivity index (χ0v) is 17.5. The summed E-state index contributed by atoms with van der Waals surface area (Å²) in [4.78, 5) is 25.3. The van der Waals surface area contributed by atoms with Gasteiger partial charge < -0.3 is 29.8 Å². The van der Waals surface area contributed by atoms with Crippen molar-refractivity contribution in [3.8, 4) is 11.5 Å². The van der Waals surface area contributed by atoms with Gasteiger partial charge in [-0.05, 0) is 42.8 Å². The molecule has 0 saturated carbocycles. The van der Waals surface area contributed by atoms with Gasteiger partial charge in [0.1, 0.15) is 5.56 Å². The van der Waals surface area contributed by atoms with Crippen molar-refractivity contribution in [1.82, 2.24) is 10.6 Å². The first-order chi connectivity index (χ1) is 15.1. The van der Waals surface area contributed by atoms with Crippen molar-refractivity contribution in [2.24, 2.45) is 0 Å². The minimum atomic E-state index is -0.742. The highest BCUT2D eigenvalue weighted by Gasteiger charge is 2.19. The molecule has 1 saturated heterocycles. The summed E-state index contributed by atoms with van der Waals surface area (Å²) in [5.41, 5.74) is 1.16. The van der Waals surface area contributed by atoms with Crippen LogP contribution in [0.15, 0.2) is 51.7 Å². The Hall–Kier alpha value is -3.36. The fourth-order valence-electron chi connectivity index (χ4n) is 3.63. The van der Waals surface area contributed by atoms with E-state index in [1.54, 1.807) is 12.1 Å². The van der Waals surface area contributed by atoms with Crippen LogP contribution in [-0.2, 0) is 0 Å². The van der Waals surface area contributed by atoms with E-state index in [9.17, 15) is 9.59 Å². The van der Waals surface area contributed by atoms with Gasteiger partial charge in [0.2, 0.25) is 5.75 Å². The molecule has 1 aliphatic heterocycles. The summed E-state index contributed by atoms with van der Waals surface area (Å²) in [6.45, 7) is 4.93. The number of ether oxygens (including phenoxy) is 2. The van der Waals surface area contributed by atoms with Crippen molar-refractivity contribution in [3.63, 3.8) is 0 Å². The number of rotatable bonds is 6. The summed E-state index contributed by atoms with van der Waals surface area (Å²) in [6, 6.07) is 12.7. The molecular weight excluding hydrogens is 398 g/mol. The molecular formula is C23H25N3O5. The number of carbonyl (C=O) groups excluding carboxylic acids is 1. The third kappa shape index (κ3) is 4.40. The lowest BCUT2D eigenvalue weighted by molar-refractivity contribution is 0.102. The van der Waals surface area contributed by atoms with E-state index in [-0.39, 0.29) is 17.2 Å². The summed E-state index contributed by atoms with van der Waals surface area (Å²) in [7, 11) is 1.51. The predicted molar refractivity (Wildman–Crippen MR) is 118 cm³/mol. The maximum atomic E-state index is 12.7. The van der Waals surface area contributed by atoms with E-state index in [1.165, 1.54) is 13.2 Å². The molecule has 1 unspecified atom stereocenters. The molecule has 8 heteroatoms. The predicted octanol–water partition coefficient (Wildman–Crippen LogP) is 2.69. The normalized spacial score (nSPS) is 16.1. The third-order valence-electron chi connectivity index (χ3n) is 5.19. The van der Waals surface area contributed by atoms with Crippen LogP contribution in [0, 0.1) is 0 Å². The van der Waals surface area contributed by atoms with Gasteiger partial charge in [-0.15, -0.1) is 0 Å². The number of hydrogen-bond donors (Lipinski definition) is 3. The standard InChI is InChI=1S/C23H25N3O5/c1-3-30-21-19(29-2)9-6-15-12-17(23(28)31-20(15)21)22(27)26-16-7-4-14(5-8-16)18-13-24-10-11-25-18/h4-9,12,18,24-25H,3,10-11,13H2,1-2H3,(H,26,27). The highest BCUT2D eigenvalue weighted by Crippen LogP contribution is 2.35. The summed E-state index contributed by atoms with van der Waals surface area (Å²) in [5, 5.41) is 10.1. The van der Waals surface area contributed by atoms with Crippen LogP contribution >= 0.6 is 0 Å². The number of piperazine rings is 1. The van der Waals surface area contributed by atoms with Crippen LogP contribution in [0.5, 0.6) is 11.5 Å². The van der Waals surface area contributed by atoms with Gasteiger partial charge in [0.05, 0.1) is 13.7 Å². The Bertz CT molecular complexity index is 1130. The lowest BCUT2D eigenvalue weighted by Crippen LogP contribution is -2.42. The van der Waals surface area contributed by atoms with Crippen LogP contribution in [0.4, 0.5) is 5.69 Å². The van der Waals surface area contributed by atoms with Gasteiger partial charge in [0, 0.05) is 36.7 Å². The van der Waals surface area contributed by atoms with Crippen molar-refractivity contribution in [3.05, 3.63) is 64.0 Å². The Morgan fingerprint density at radius 3 is 2.68 bits per heavy atom. The third-order valence-corrected chi connectivity index (χ3v) is 5.19. The first kappa shape index (κ1) is 20.9. The average molecular weight is 423 g/mol. The maximum absolute atomic E-state index is 12.7. The largest absolute Gasteiger partial charge is 0.493 e. The molecule has 4 rings (SSSR count). The van der Waals surface area contributed by atoms with Crippen LogP contribution in [-0.4, -0.2) is 39.3 Å². The van der Waals surface area contributed by atoms with Crippen molar-refractivity contribution >= 4 is 22.6 Å². The van der Waals surface area contributed by atoms with E-state index in [4.69, 9.17) is 13.9 Å². The number of anilines is 1. The molecule has 2 heterocycles. The van der Waals surface area contributed by atoms with E-state index in [2.05, 4.69) is 16.0 Å². The van der Waals surface area contributed by atoms with E-state index in [0.717, 1.165) is 25.2 Å². The first-order valence-corrected chi connectivity index (χ1v) is 10.2. The SMILES string of the molecule is CCOc1c(OC)ccc2cc(C(=O)Nc3ccc(C4CNCCN4)cc3)c(=O)oc12. The number of hydrogen-bond acceptors (Lipinski definition) is 7. The zero-order valence-electron chi connectivity index (χ0n) is 17.5. The van der Waals surface area contributed by atoms with E-state index < -0.39 is 11.5 Å². The Balaban J connectivity index is 1.57. The number of nitrogens with one attached hydrogen (secondary N) is 3. The molecule has 1 amide bonds. The summed E-state index contributed by atoms with van der Waals surface area (Å²) in [6.07, 6.45) is 0. The number of methoxy groups -OCH3 is 1. The second-order valence-electron chi connectivity index (χ2n) is 7.18. The van der Waals surface area contributed by atoms with E-state index in [0.29, 0.717) is 29.2 Å². The highest BCUT2D eigenvalue weighted by molar-refractivity contribution is 6.05. The Morgan fingerprint density at radius 2 is 2.00 bits per heavy atom. The van der Waals surface area contributed by atoms with Crippen molar-refractivity contribution in [2.45, 2.75) is 13.0 Å². The fraction of sp³-hybridized carbons (Fsp3) is 0.304. The Kier molecular flexibility index (Phi) is 6.20. The first-order valence-electron chi connectivity index (χ1n) is 10.2. The molecule has 8 nitrogen and oxygen atoms in total. The van der Waals surface area contributed by atoms with Gasteiger partial charge in [-0.25, -0.2) is 4.79 Å². The number of carbonyl (C=O) groups is 1. The number of benzene rings is 2. The molecule has 3 N–H and O–H groups in total. The molecule has 0 aliphatic carbocycles. The molecule has 0 bridgehead atoms. The van der Waals surface area contributed by atoms with Gasteiger partial charge in [-0.1, -0.05) is 12.1 Å². The lowest BCUT2D eigenvalue weighted by atomic mass is 10.0. The summed E-state index contributed by atoms with van der Waals surface area (Å²) >= 11 is 0. The van der Waals surface area contributed by atoms with Gasteiger partial charge in [0.25, 0.3) is 5.91 Å². The molecule has 0 radical (unpaired) electrons. The van der Waals surface area contributed by atoms with Crippen LogP contribution in [0.1, 0.15) is 28.9 Å². The maximum Gasteiger partial charge on any atom is 0.349 e. The van der Waals surface area contributed by atoms with E-state index in [1.807, 2.05) is 31.2 Å². The second-order valence-corrected chi connectivity index (χ2v) is 7.18. The summed E-state index contributed by atoms with van der Waals surface area (Å²) in [5.74, 6) is 0.264. The van der Waals surface area contributed by atoms with Gasteiger partial charge in [-0.3, -0.25) is 4.79 Å². The average Bonchev–Trinajstić information content (AvgIpc) is 2.80. The Morgan fingerprint density at radius 1 is 1.19 bits per heavy atom. The van der Waals surface area contributed by atoms with Gasteiger partial charge >= 0.3 is 5.63 Å². The van der Waals surface area contributed by atoms with Gasteiger partial charge in [0.15, 0.2) is 11.3 Å². The van der Waals surface area contributed by atoms with Crippen LogP contribution in [0.2, 0.25) is 0 Å². The monoisotopic (exact) mass is 423 g/mol. The molecule has 31 heavy (non-hydrogen) atoms. The lowest BCUT2D eigenvalue weighted by Gasteiger charge is -2.25. The molecule has 162 valence electrons. The molecule has 3 aromatic rings. The molecule has 1 aliphatic rings. The number of amides is 1. The van der Waals surface area contributed by atoms with Crippen molar-refractivity contribution < 1.29 is 18.7 Å². The van der Waals surface area contributed by atoms with Crippen LogP contribution < -0.4 is 31.0 Å². The molecule has 1 fully saturated rings. The van der Waals surface area contributed by atoms with E-state index >= 15 is 0 Å². The molecule has 1 aromatic heterocycles. The molecule has 0 spiro atoms. The fourth-order valence-corrected chi connectivity index (χ4v) is 3.63. The zero-order chi connectivity index (χ0) is 21.8. The minimum Gasteiger partial charge on any atom is -0.493 e. The number of fused-ring (bicyclic) bond motifs is 1. The van der Waals surface area contributed by atoms with Crippen molar-refractivity contribution in [1.29, 1.82) is 0 Å². The summed E-state index contributed by atoms with van der Waals surface area (Å²) < 4.78 is 16.3. The topological polar surface area (TPSA) is 102 Å². The molecule has 2 aromatic carbocycles. The van der Waals surface area contributed by atoms with Crippen molar-refractivity contribution in [2.75, 3.05) is 38.7 Å². The molecule has 1 atom stereocenters. The smallest absolute Gasteiger partial charge is 0.349 e. The van der Waals surface area contributed by atoms with Crippen LogP contribution in [0.25, 0.3) is 11.0 Å². The minimum absolute atomic E-state index is 0.0812. The Labute approximate surface area is 179 Å². The van der Waals surface area contributed by atoms with Gasteiger partial charge in [-0.2, -0.15) is 0 Å². The second kappa shape index (κ2) is 9.20. The quantitative estimate of drug-likeness (QED) is 0.524. The highest BCUT2D eigenvalue weighted by atomic mass is 16.5.